The fourth-order valence-electron chi connectivity index (χ4n) is 2.56. The molecule has 0 aromatic heterocycles. The summed E-state index contributed by atoms with van der Waals surface area (Å²) >= 11 is 12.1. The van der Waals surface area contributed by atoms with E-state index in [0.717, 1.165) is 12.7 Å². The van der Waals surface area contributed by atoms with Crippen LogP contribution >= 0.6 is 23.2 Å². The molecular weight excluding hydrogens is 406 g/mol. The van der Waals surface area contributed by atoms with E-state index in [1.807, 2.05) is 6.92 Å². The number of hydrogen-bond acceptors (Lipinski definition) is 5. The van der Waals surface area contributed by atoms with Gasteiger partial charge in [-0.3, -0.25) is 4.90 Å². The highest BCUT2D eigenvalue weighted by Gasteiger charge is 2.65. The van der Waals surface area contributed by atoms with Gasteiger partial charge in [-0.05, 0) is 13.0 Å². The number of rotatable bonds is 2. The van der Waals surface area contributed by atoms with E-state index >= 15 is 0 Å². The van der Waals surface area contributed by atoms with Gasteiger partial charge in [0.1, 0.15) is 5.84 Å². The maximum atomic E-state index is 13.9. The Morgan fingerprint density at radius 1 is 1.15 bits per heavy atom. The van der Waals surface area contributed by atoms with Crippen LogP contribution in [0, 0.1) is 6.92 Å². The minimum absolute atomic E-state index is 0.163. The highest BCUT2D eigenvalue weighted by molar-refractivity contribution is 6.47. The highest BCUT2D eigenvalue weighted by Crippen LogP contribution is 2.41. The third kappa shape index (κ3) is 3.23. The number of esters is 1. The molecule has 142 valence electrons. The van der Waals surface area contributed by atoms with Crippen LogP contribution in [0.25, 0.3) is 0 Å². The van der Waals surface area contributed by atoms with Crippen molar-refractivity contribution < 1.29 is 22.7 Å². The fourth-order valence-corrected chi connectivity index (χ4v) is 3.07. The van der Waals surface area contributed by atoms with E-state index in [-0.39, 0.29) is 21.7 Å². The first-order valence-electron chi connectivity index (χ1n) is 7.55. The van der Waals surface area contributed by atoms with Crippen molar-refractivity contribution in [2.45, 2.75) is 18.8 Å². The lowest BCUT2D eigenvalue weighted by atomic mass is 10.1. The van der Waals surface area contributed by atoms with Crippen LogP contribution in [0.2, 0.25) is 0 Å². The van der Waals surface area contributed by atoms with Crippen LogP contribution < -0.4 is 0 Å². The number of benzene rings is 1. The summed E-state index contributed by atoms with van der Waals surface area (Å²) in [5.41, 5.74) is -2.26. The number of alkyl halides is 3. The van der Waals surface area contributed by atoms with Gasteiger partial charge in [-0.2, -0.15) is 13.2 Å². The van der Waals surface area contributed by atoms with Gasteiger partial charge in [-0.1, -0.05) is 53.0 Å². The van der Waals surface area contributed by atoms with Crippen LogP contribution in [0.5, 0.6) is 0 Å². The van der Waals surface area contributed by atoms with Gasteiger partial charge < -0.3 is 4.74 Å². The number of aryl methyl sites for hydroxylation is 1. The lowest BCUT2D eigenvalue weighted by Crippen LogP contribution is -2.56. The number of carbonyl (C=O) groups is 1. The summed E-state index contributed by atoms with van der Waals surface area (Å²) in [5, 5.41) is -0.00382. The summed E-state index contributed by atoms with van der Waals surface area (Å²) in [6.45, 7) is 1.82. The Balaban J connectivity index is 2.31. The molecule has 3 rings (SSSR count). The van der Waals surface area contributed by atoms with Crippen molar-refractivity contribution >= 4 is 40.8 Å². The van der Waals surface area contributed by atoms with Crippen molar-refractivity contribution in [3.63, 3.8) is 0 Å². The SMILES string of the molecule is COC(=O)C1(C(F)(F)F)N=C2C(Cl)=CC(Cl)=CN2C(c2ccc(C)cc2)=N1. The third-order valence-electron chi connectivity index (χ3n) is 3.90. The zero-order valence-corrected chi connectivity index (χ0v) is 15.5. The second kappa shape index (κ2) is 6.69. The average Bonchev–Trinajstić information content (AvgIpc) is 2.60. The van der Waals surface area contributed by atoms with Gasteiger partial charge in [-0.25, -0.2) is 14.8 Å². The molecule has 0 bridgehead atoms. The molecule has 1 unspecified atom stereocenters. The molecular formula is C17H12Cl2F3N3O2. The van der Waals surface area contributed by atoms with E-state index in [1.165, 1.54) is 17.2 Å². The maximum absolute atomic E-state index is 13.9. The Morgan fingerprint density at radius 3 is 2.30 bits per heavy atom. The Morgan fingerprint density at radius 2 is 1.74 bits per heavy atom. The maximum Gasteiger partial charge on any atom is 0.445 e. The van der Waals surface area contributed by atoms with Gasteiger partial charge in [0.2, 0.25) is 0 Å². The summed E-state index contributed by atoms with van der Waals surface area (Å²) in [5.74, 6) is -2.17. The predicted octanol–water partition coefficient (Wildman–Crippen LogP) is 4.10. The lowest BCUT2D eigenvalue weighted by molar-refractivity contribution is -0.202. The quantitative estimate of drug-likeness (QED) is 0.680. The summed E-state index contributed by atoms with van der Waals surface area (Å²) in [4.78, 5) is 20.6. The number of nitrogens with zero attached hydrogens (tertiary/aromatic N) is 3. The molecule has 0 radical (unpaired) electrons. The molecule has 0 aliphatic carbocycles. The molecule has 1 aromatic rings. The zero-order valence-electron chi connectivity index (χ0n) is 14.0. The van der Waals surface area contributed by atoms with Gasteiger partial charge in [0.15, 0.2) is 5.84 Å². The van der Waals surface area contributed by atoms with Gasteiger partial charge in [-0.15, -0.1) is 0 Å². The number of allylic oxidation sites excluding steroid dienone is 2. The number of hydrogen-bond donors (Lipinski definition) is 0. The van der Waals surface area contributed by atoms with Crippen molar-refractivity contribution in [3.8, 4) is 0 Å². The van der Waals surface area contributed by atoms with Gasteiger partial charge in [0.05, 0.1) is 17.2 Å². The predicted molar refractivity (Wildman–Crippen MR) is 95.7 cm³/mol. The number of halogens is 5. The average molecular weight is 418 g/mol. The fraction of sp³-hybridized carbons (Fsp3) is 0.235. The Hall–Kier alpha value is -2.32. The normalized spacial score (nSPS) is 22.3. The molecule has 1 aromatic carbocycles. The van der Waals surface area contributed by atoms with Crippen LogP contribution in [0.1, 0.15) is 11.1 Å². The standard InChI is InChI=1S/C17H12Cl2F3N3O2/c1-9-3-5-10(6-4-9)13-23-16(15(26)27-2,17(20,21)22)24-14-12(19)7-11(18)8-25(13)14/h3-8H,1-2H3. The molecule has 0 saturated carbocycles. The summed E-state index contributed by atoms with van der Waals surface area (Å²) in [7, 11) is 0.832. The second-order valence-electron chi connectivity index (χ2n) is 5.77. The van der Waals surface area contributed by atoms with Crippen molar-refractivity contribution in [3.05, 3.63) is 57.7 Å². The highest BCUT2D eigenvalue weighted by atomic mass is 35.5. The van der Waals surface area contributed by atoms with Gasteiger partial charge in [0.25, 0.3) is 0 Å². The van der Waals surface area contributed by atoms with E-state index in [2.05, 4.69) is 14.7 Å². The summed E-state index contributed by atoms with van der Waals surface area (Å²) in [6, 6.07) is 6.54. The largest absolute Gasteiger partial charge is 0.465 e. The van der Waals surface area contributed by atoms with Crippen LogP contribution in [0.4, 0.5) is 13.2 Å². The van der Waals surface area contributed by atoms with Crippen LogP contribution in [0.15, 0.2) is 56.6 Å². The second-order valence-corrected chi connectivity index (χ2v) is 6.62. The van der Waals surface area contributed by atoms with Gasteiger partial charge >= 0.3 is 17.8 Å². The molecule has 2 heterocycles. The van der Waals surface area contributed by atoms with E-state index in [9.17, 15) is 18.0 Å². The van der Waals surface area contributed by atoms with E-state index < -0.39 is 17.8 Å². The van der Waals surface area contributed by atoms with Crippen molar-refractivity contribution in [1.82, 2.24) is 4.90 Å². The number of aliphatic imine (C=N–C) groups is 2. The molecule has 0 spiro atoms. The Labute approximate surface area is 162 Å². The van der Waals surface area contributed by atoms with Gasteiger partial charge in [0, 0.05) is 11.8 Å². The Bertz CT molecular complexity index is 920. The van der Waals surface area contributed by atoms with E-state index in [1.54, 1.807) is 24.3 Å². The number of methoxy groups -OCH3 is 1. The van der Waals surface area contributed by atoms with Crippen LogP contribution in [-0.4, -0.2) is 41.5 Å². The van der Waals surface area contributed by atoms with Crippen molar-refractivity contribution in [1.29, 1.82) is 0 Å². The minimum Gasteiger partial charge on any atom is -0.465 e. The number of amidine groups is 2. The first-order chi connectivity index (χ1) is 12.6. The van der Waals surface area contributed by atoms with Crippen LogP contribution in [0.3, 0.4) is 0 Å². The number of fused-ring (bicyclic) bond motifs is 1. The van der Waals surface area contributed by atoms with Crippen LogP contribution in [-0.2, 0) is 9.53 Å². The molecule has 2 aliphatic heterocycles. The molecule has 27 heavy (non-hydrogen) atoms. The first-order valence-corrected chi connectivity index (χ1v) is 8.30. The molecule has 1 atom stereocenters. The molecule has 10 heteroatoms. The minimum atomic E-state index is -5.16. The van der Waals surface area contributed by atoms with E-state index in [4.69, 9.17) is 23.2 Å². The lowest BCUT2D eigenvalue weighted by Gasteiger charge is -2.36. The number of carbonyl (C=O) groups excluding carboxylic acids is 1. The topological polar surface area (TPSA) is 54.3 Å². The first kappa shape index (κ1) is 19.4. The summed E-state index contributed by atoms with van der Waals surface area (Å²) in [6.07, 6.45) is -2.60. The number of ether oxygens (including phenoxy) is 1. The molecule has 0 fully saturated rings. The molecule has 5 nitrogen and oxygen atoms in total. The monoisotopic (exact) mass is 417 g/mol. The summed E-state index contributed by atoms with van der Waals surface area (Å²) < 4.78 is 46.1. The van der Waals surface area contributed by atoms with E-state index in [0.29, 0.717) is 5.56 Å². The molecule has 2 aliphatic rings. The van der Waals surface area contributed by atoms with Crippen molar-refractivity contribution in [2.75, 3.05) is 7.11 Å². The molecule has 0 N–H and O–H groups in total. The Kier molecular flexibility index (Phi) is 4.81. The molecule has 0 amide bonds. The zero-order chi connectivity index (χ0) is 20.0. The van der Waals surface area contributed by atoms with Crippen molar-refractivity contribution in [2.24, 2.45) is 9.98 Å². The molecule has 0 saturated heterocycles. The smallest absolute Gasteiger partial charge is 0.445 e. The third-order valence-corrected chi connectivity index (χ3v) is 4.38.